The van der Waals surface area contributed by atoms with E-state index in [1.54, 1.807) is 13.0 Å². The first-order valence-electron chi connectivity index (χ1n) is 8.32. The quantitative estimate of drug-likeness (QED) is 0.339. The first kappa shape index (κ1) is 18.5. The summed E-state index contributed by atoms with van der Waals surface area (Å²) in [5.74, 6) is 1.26. The van der Waals surface area contributed by atoms with E-state index in [4.69, 9.17) is 9.47 Å². The molecule has 0 aliphatic heterocycles. The van der Waals surface area contributed by atoms with Gasteiger partial charge in [0, 0.05) is 0 Å². The Labute approximate surface area is 167 Å². The van der Waals surface area contributed by atoms with Gasteiger partial charge in [-0.25, -0.2) is 0 Å². The molecule has 0 N–H and O–H groups in total. The molecule has 0 saturated heterocycles. The van der Waals surface area contributed by atoms with Gasteiger partial charge < -0.3 is 9.47 Å². The van der Waals surface area contributed by atoms with Gasteiger partial charge in [-0.05, 0) is 52.8 Å². The molecule has 0 fully saturated rings. The van der Waals surface area contributed by atoms with Gasteiger partial charge in [-0.3, -0.25) is 4.79 Å². The molecule has 0 aromatic heterocycles. The molecule has 0 bridgehead atoms. The van der Waals surface area contributed by atoms with Crippen LogP contribution in [-0.2, 0) is 13.2 Å². The first-order valence-corrected chi connectivity index (χ1v) is 9.40. The lowest BCUT2D eigenvalue weighted by atomic mass is 10.1. The topological polar surface area (TPSA) is 35.5 Å². The number of carbonyl (C=O) groups is 1. The van der Waals surface area contributed by atoms with Gasteiger partial charge in [0.1, 0.15) is 24.7 Å². The van der Waals surface area contributed by atoms with Crippen LogP contribution in [0.15, 0.2) is 72.8 Å². The zero-order valence-corrected chi connectivity index (χ0v) is 16.6. The van der Waals surface area contributed by atoms with Crippen molar-refractivity contribution in [2.75, 3.05) is 0 Å². The van der Waals surface area contributed by atoms with Crippen molar-refractivity contribution < 1.29 is 14.3 Å². The highest BCUT2D eigenvalue weighted by atomic mass is 127. The molecule has 4 heteroatoms. The number of ether oxygens (including phenoxy) is 2. The number of ketones is 1. The normalized spacial score (nSPS) is 10.4. The SMILES string of the molecule is CC(=O)c1ccc(OCc2ccccc2)c(I)c1OCc1ccccc1. The smallest absolute Gasteiger partial charge is 0.163 e. The molecule has 0 unspecified atom stereocenters. The Hall–Kier alpha value is -2.34. The second-order valence-electron chi connectivity index (χ2n) is 5.86. The van der Waals surface area contributed by atoms with E-state index in [0.717, 1.165) is 14.7 Å². The fourth-order valence-corrected chi connectivity index (χ4v) is 3.31. The Balaban J connectivity index is 1.82. The largest absolute Gasteiger partial charge is 0.488 e. The number of halogens is 1. The summed E-state index contributed by atoms with van der Waals surface area (Å²) in [6, 6.07) is 23.5. The Morgan fingerprint density at radius 3 is 1.88 bits per heavy atom. The van der Waals surface area contributed by atoms with E-state index in [1.807, 2.05) is 66.7 Å². The van der Waals surface area contributed by atoms with Crippen molar-refractivity contribution in [1.29, 1.82) is 0 Å². The molecular weight excluding hydrogens is 439 g/mol. The third-order valence-corrected chi connectivity index (χ3v) is 4.93. The van der Waals surface area contributed by atoms with Gasteiger partial charge in [0.05, 0.1) is 9.13 Å². The lowest BCUT2D eigenvalue weighted by Crippen LogP contribution is -2.06. The number of carbonyl (C=O) groups excluding carboxylic acids is 1. The van der Waals surface area contributed by atoms with Gasteiger partial charge in [-0.15, -0.1) is 0 Å². The Bertz CT molecular complexity index is 877. The van der Waals surface area contributed by atoms with Crippen LogP contribution in [0.2, 0.25) is 0 Å². The average Bonchev–Trinajstić information content (AvgIpc) is 2.67. The van der Waals surface area contributed by atoms with Crippen LogP contribution in [-0.4, -0.2) is 5.78 Å². The molecule has 0 saturated carbocycles. The van der Waals surface area contributed by atoms with Crippen molar-refractivity contribution in [3.8, 4) is 11.5 Å². The van der Waals surface area contributed by atoms with Gasteiger partial charge in [-0.1, -0.05) is 60.7 Å². The van der Waals surface area contributed by atoms with Gasteiger partial charge in [0.2, 0.25) is 0 Å². The van der Waals surface area contributed by atoms with Gasteiger partial charge in [-0.2, -0.15) is 0 Å². The molecule has 3 rings (SSSR count). The molecule has 0 spiro atoms. The Kier molecular flexibility index (Phi) is 6.28. The summed E-state index contributed by atoms with van der Waals surface area (Å²) in [4.78, 5) is 12.0. The highest BCUT2D eigenvalue weighted by Crippen LogP contribution is 2.35. The summed E-state index contributed by atoms with van der Waals surface area (Å²) >= 11 is 2.18. The lowest BCUT2D eigenvalue weighted by Gasteiger charge is -2.16. The van der Waals surface area contributed by atoms with Gasteiger partial charge in [0.25, 0.3) is 0 Å². The van der Waals surface area contributed by atoms with Crippen LogP contribution < -0.4 is 9.47 Å². The van der Waals surface area contributed by atoms with E-state index < -0.39 is 0 Å². The fraction of sp³-hybridized carbons (Fsp3) is 0.136. The standard InChI is InChI=1S/C22H19IO3/c1-16(24)19-12-13-20(25-14-17-8-4-2-5-9-17)21(23)22(19)26-15-18-10-6-3-7-11-18/h2-13H,14-15H2,1H3. The van der Waals surface area contributed by atoms with E-state index in [1.165, 1.54) is 0 Å². The third-order valence-electron chi connectivity index (χ3n) is 3.90. The van der Waals surface area contributed by atoms with E-state index in [9.17, 15) is 4.79 Å². The summed E-state index contributed by atoms with van der Waals surface area (Å²) in [6.45, 7) is 2.42. The highest BCUT2D eigenvalue weighted by molar-refractivity contribution is 14.1. The molecule has 0 aliphatic carbocycles. The summed E-state index contributed by atoms with van der Waals surface area (Å²) in [5, 5.41) is 0. The van der Waals surface area contributed by atoms with E-state index in [-0.39, 0.29) is 5.78 Å². The molecular formula is C22H19IO3. The first-order chi connectivity index (χ1) is 12.6. The van der Waals surface area contributed by atoms with E-state index >= 15 is 0 Å². The predicted molar refractivity (Wildman–Crippen MR) is 111 cm³/mol. The monoisotopic (exact) mass is 458 g/mol. The van der Waals surface area contributed by atoms with Crippen molar-refractivity contribution in [2.24, 2.45) is 0 Å². The number of rotatable bonds is 7. The van der Waals surface area contributed by atoms with Gasteiger partial charge in [0.15, 0.2) is 5.78 Å². The van der Waals surface area contributed by atoms with E-state index in [2.05, 4.69) is 22.6 Å². The molecule has 0 radical (unpaired) electrons. The maximum atomic E-state index is 12.0. The summed E-state index contributed by atoms with van der Waals surface area (Å²) in [7, 11) is 0. The molecule has 0 aliphatic rings. The molecule has 0 amide bonds. The molecule has 0 heterocycles. The number of hydrogen-bond donors (Lipinski definition) is 0. The van der Waals surface area contributed by atoms with Crippen LogP contribution in [0.1, 0.15) is 28.4 Å². The van der Waals surface area contributed by atoms with Crippen molar-refractivity contribution in [3.05, 3.63) is 93.1 Å². The van der Waals surface area contributed by atoms with Crippen molar-refractivity contribution in [1.82, 2.24) is 0 Å². The summed E-state index contributed by atoms with van der Waals surface area (Å²) in [6.07, 6.45) is 0. The molecule has 3 nitrogen and oxygen atoms in total. The van der Waals surface area contributed by atoms with Crippen molar-refractivity contribution in [3.63, 3.8) is 0 Å². The predicted octanol–water partition coefficient (Wildman–Crippen LogP) is 5.65. The minimum atomic E-state index is -0.0272. The summed E-state index contributed by atoms with van der Waals surface area (Å²) < 4.78 is 12.8. The Morgan fingerprint density at radius 2 is 1.35 bits per heavy atom. The minimum Gasteiger partial charge on any atom is -0.488 e. The minimum absolute atomic E-state index is 0.0272. The third kappa shape index (κ3) is 4.64. The number of hydrogen-bond acceptors (Lipinski definition) is 3. The van der Waals surface area contributed by atoms with Crippen LogP contribution in [0, 0.1) is 3.57 Å². The maximum Gasteiger partial charge on any atom is 0.163 e. The van der Waals surface area contributed by atoms with Gasteiger partial charge >= 0.3 is 0 Å². The maximum absolute atomic E-state index is 12.0. The van der Waals surface area contributed by atoms with Crippen LogP contribution in [0.5, 0.6) is 11.5 Å². The molecule has 3 aromatic rings. The molecule has 132 valence electrons. The molecule has 0 atom stereocenters. The number of benzene rings is 3. The Morgan fingerprint density at radius 1 is 0.808 bits per heavy atom. The van der Waals surface area contributed by atoms with Crippen LogP contribution >= 0.6 is 22.6 Å². The molecule has 26 heavy (non-hydrogen) atoms. The highest BCUT2D eigenvalue weighted by Gasteiger charge is 2.17. The zero-order chi connectivity index (χ0) is 18.4. The van der Waals surface area contributed by atoms with Crippen molar-refractivity contribution >= 4 is 28.4 Å². The van der Waals surface area contributed by atoms with Crippen LogP contribution in [0.4, 0.5) is 0 Å². The van der Waals surface area contributed by atoms with Crippen molar-refractivity contribution in [2.45, 2.75) is 20.1 Å². The van der Waals surface area contributed by atoms with E-state index in [0.29, 0.717) is 30.3 Å². The molecule has 3 aromatic carbocycles. The van der Waals surface area contributed by atoms with Crippen LogP contribution in [0.3, 0.4) is 0 Å². The average molecular weight is 458 g/mol. The van der Waals surface area contributed by atoms with Crippen LogP contribution in [0.25, 0.3) is 0 Å². The summed E-state index contributed by atoms with van der Waals surface area (Å²) in [5.41, 5.74) is 2.71. The lowest BCUT2D eigenvalue weighted by molar-refractivity contribution is 0.101. The fourth-order valence-electron chi connectivity index (χ4n) is 2.53. The zero-order valence-electron chi connectivity index (χ0n) is 14.4. The second kappa shape index (κ2) is 8.85. The second-order valence-corrected chi connectivity index (χ2v) is 6.94. The number of Topliss-reactive ketones (excluding diaryl/α,β-unsaturated/α-hetero) is 1.